The minimum atomic E-state index is -2.79. The minimum Gasteiger partial charge on any atom is -0.506 e. The number of carbonyl (C=O) groups excluding carboxylic acids is 5. The molecule has 0 spiro atoms. The van der Waals surface area contributed by atoms with Gasteiger partial charge in [-0.25, -0.2) is 4.39 Å². The molecule has 2 aromatic rings. The molecule has 42 heavy (non-hydrogen) atoms. The fourth-order valence-electron chi connectivity index (χ4n) is 6.82. The number of halogens is 1. The Labute approximate surface area is 241 Å². The summed E-state index contributed by atoms with van der Waals surface area (Å²) in [6, 6.07) is 5.85. The minimum absolute atomic E-state index is 0.0380. The topological polar surface area (TPSA) is 158 Å². The van der Waals surface area contributed by atoms with Crippen molar-refractivity contribution in [3.63, 3.8) is 0 Å². The summed E-state index contributed by atoms with van der Waals surface area (Å²) in [5.74, 6) is -5.97. The molecule has 0 aromatic heterocycles. The number of carbonyl (C=O) groups is 5. The molecule has 2 fully saturated rings. The maximum atomic E-state index is 14.1. The average Bonchev–Trinajstić information content (AvgIpc) is 2.90. The first-order valence-corrected chi connectivity index (χ1v) is 13.4. The molecule has 1 amide bonds. The fraction of sp³-hybridized carbons (Fsp3) is 0.387. The van der Waals surface area contributed by atoms with Crippen molar-refractivity contribution >= 4 is 34.7 Å². The summed E-state index contributed by atoms with van der Waals surface area (Å²) >= 11 is 0. The van der Waals surface area contributed by atoms with Crippen LogP contribution in [0.1, 0.15) is 33.5 Å². The van der Waals surface area contributed by atoms with E-state index < -0.39 is 75.9 Å². The van der Waals surface area contributed by atoms with Crippen LogP contribution in [0.4, 0.5) is 10.1 Å². The summed E-state index contributed by atoms with van der Waals surface area (Å²) in [5, 5.41) is 23.0. The third kappa shape index (κ3) is 4.21. The Morgan fingerprint density at radius 2 is 1.69 bits per heavy atom. The molecule has 2 aromatic carbocycles. The van der Waals surface area contributed by atoms with Crippen molar-refractivity contribution < 1.29 is 38.6 Å². The first kappa shape index (κ1) is 29.1. The molecular formula is C31H30FN3O7. The Hall–Kier alpha value is -4.40. The number of Topliss-reactive ketones (excluding diaryl/α,β-unsaturated/α-hetero) is 4. The van der Waals surface area contributed by atoms with Gasteiger partial charge >= 0.3 is 0 Å². The van der Waals surface area contributed by atoms with Gasteiger partial charge in [0.2, 0.25) is 5.91 Å². The Kier molecular flexibility index (Phi) is 7.03. The van der Waals surface area contributed by atoms with Gasteiger partial charge in [-0.1, -0.05) is 11.8 Å². The number of nitrogens with zero attached hydrogens (tertiary/aromatic N) is 2. The number of hydrogen-bond acceptors (Lipinski definition) is 9. The van der Waals surface area contributed by atoms with E-state index in [-0.39, 0.29) is 24.0 Å². The van der Waals surface area contributed by atoms with Crippen LogP contribution in [0.3, 0.4) is 0 Å². The van der Waals surface area contributed by atoms with Crippen LogP contribution in [0, 0.1) is 41.3 Å². The van der Waals surface area contributed by atoms with E-state index in [1.165, 1.54) is 43.3 Å². The monoisotopic (exact) mass is 575 g/mol. The third-order valence-electron chi connectivity index (χ3n) is 8.71. The van der Waals surface area contributed by atoms with Crippen LogP contribution in [0.2, 0.25) is 0 Å². The van der Waals surface area contributed by atoms with Gasteiger partial charge in [0.1, 0.15) is 11.6 Å². The number of amides is 1. The lowest BCUT2D eigenvalue weighted by atomic mass is 9.52. The predicted octanol–water partition coefficient (Wildman–Crippen LogP) is 0.472. The second-order valence-electron chi connectivity index (χ2n) is 11.6. The Morgan fingerprint density at radius 3 is 2.26 bits per heavy atom. The van der Waals surface area contributed by atoms with Gasteiger partial charge in [-0.2, -0.15) is 0 Å². The fourth-order valence-corrected chi connectivity index (χ4v) is 6.82. The lowest BCUT2D eigenvalue weighted by molar-refractivity contribution is -0.181. The highest BCUT2D eigenvalue weighted by Gasteiger charge is 2.69. The number of benzene rings is 2. The summed E-state index contributed by atoms with van der Waals surface area (Å²) < 4.78 is 13.3. The second kappa shape index (κ2) is 10.2. The summed E-state index contributed by atoms with van der Waals surface area (Å²) in [5.41, 5.74) is 4.02. The van der Waals surface area contributed by atoms with E-state index in [0.29, 0.717) is 16.8 Å². The van der Waals surface area contributed by atoms with E-state index in [4.69, 9.17) is 5.73 Å². The van der Waals surface area contributed by atoms with Crippen LogP contribution in [0.5, 0.6) is 5.75 Å². The summed E-state index contributed by atoms with van der Waals surface area (Å²) in [4.78, 5) is 70.1. The van der Waals surface area contributed by atoms with Crippen LogP contribution < -0.4 is 10.6 Å². The zero-order valence-electron chi connectivity index (χ0n) is 23.5. The molecule has 10 nitrogen and oxygen atoms in total. The number of phenols is 1. The number of phenolic OH excluding ortho intramolecular Hbond substituents is 1. The summed E-state index contributed by atoms with van der Waals surface area (Å²) in [6.45, 7) is 0. The molecule has 0 saturated heterocycles. The zero-order valence-corrected chi connectivity index (χ0v) is 23.5. The molecule has 0 heterocycles. The maximum Gasteiger partial charge on any atom is 0.235 e. The SMILES string of the molecule is CN(C)c1cc(C#Cc2ccc(F)cc2)c(O)c2c1C[C@H]1C[C@H]3[C@H](N(C)C)C(=O)C(C(N)=O)C(=O)[C@@]3(O)C(=O)C1C2=O. The molecule has 0 aliphatic heterocycles. The van der Waals surface area contributed by atoms with E-state index in [1.807, 2.05) is 0 Å². The molecule has 0 radical (unpaired) electrons. The third-order valence-corrected chi connectivity index (χ3v) is 8.71. The van der Waals surface area contributed by atoms with Crippen LogP contribution in [0.25, 0.3) is 0 Å². The molecule has 2 saturated carbocycles. The quantitative estimate of drug-likeness (QED) is 0.350. The first-order chi connectivity index (χ1) is 19.7. The van der Waals surface area contributed by atoms with Crippen LogP contribution in [0.15, 0.2) is 30.3 Å². The molecule has 0 bridgehead atoms. The zero-order chi connectivity index (χ0) is 30.8. The van der Waals surface area contributed by atoms with E-state index >= 15 is 0 Å². The van der Waals surface area contributed by atoms with Crippen molar-refractivity contribution in [1.29, 1.82) is 0 Å². The van der Waals surface area contributed by atoms with Crippen molar-refractivity contribution in [3.8, 4) is 17.6 Å². The van der Waals surface area contributed by atoms with Crippen molar-refractivity contribution in [1.82, 2.24) is 4.90 Å². The van der Waals surface area contributed by atoms with E-state index in [2.05, 4.69) is 11.8 Å². The molecule has 218 valence electrons. The van der Waals surface area contributed by atoms with Crippen LogP contribution in [-0.4, -0.2) is 84.0 Å². The number of anilines is 1. The normalized spacial score (nSPS) is 28.4. The number of aromatic hydroxyl groups is 1. The molecule has 6 atom stereocenters. The van der Waals surface area contributed by atoms with Gasteiger partial charge in [-0.05, 0) is 68.8 Å². The first-order valence-electron chi connectivity index (χ1n) is 13.4. The highest BCUT2D eigenvalue weighted by molar-refractivity contribution is 6.32. The maximum absolute atomic E-state index is 14.1. The molecule has 2 unspecified atom stereocenters. The number of nitrogens with two attached hydrogens (primary N) is 1. The van der Waals surface area contributed by atoms with Gasteiger partial charge < -0.3 is 20.8 Å². The van der Waals surface area contributed by atoms with Gasteiger partial charge in [0, 0.05) is 31.3 Å². The largest absolute Gasteiger partial charge is 0.506 e. The highest BCUT2D eigenvalue weighted by Crippen LogP contribution is 2.52. The number of likely N-dealkylation sites (N-methyl/N-ethyl adjacent to an activating group) is 1. The van der Waals surface area contributed by atoms with Gasteiger partial charge in [-0.3, -0.25) is 28.9 Å². The molecule has 11 heteroatoms. The van der Waals surface area contributed by atoms with Crippen molar-refractivity contribution in [2.75, 3.05) is 33.1 Å². The Balaban J connectivity index is 1.64. The Bertz CT molecular complexity index is 1620. The Morgan fingerprint density at radius 1 is 1.05 bits per heavy atom. The van der Waals surface area contributed by atoms with Crippen LogP contribution >= 0.6 is 0 Å². The lowest BCUT2D eigenvalue weighted by Gasteiger charge is -2.52. The molecule has 5 rings (SSSR count). The van der Waals surface area contributed by atoms with Crippen LogP contribution in [-0.2, 0) is 25.6 Å². The number of fused-ring (bicyclic) bond motifs is 3. The van der Waals surface area contributed by atoms with Gasteiger partial charge in [0.05, 0.1) is 23.1 Å². The van der Waals surface area contributed by atoms with Crippen molar-refractivity contribution in [3.05, 3.63) is 58.4 Å². The van der Waals surface area contributed by atoms with E-state index in [1.54, 1.807) is 25.1 Å². The van der Waals surface area contributed by atoms with Crippen molar-refractivity contribution in [2.45, 2.75) is 24.5 Å². The van der Waals surface area contributed by atoms with E-state index in [9.17, 15) is 38.6 Å². The molecule has 3 aliphatic carbocycles. The molecule has 4 N–H and O–H groups in total. The van der Waals surface area contributed by atoms with Crippen molar-refractivity contribution in [2.24, 2.45) is 29.4 Å². The average molecular weight is 576 g/mol. The van der Waals surface area contributed by atoms with Gasteiger partial charge in [-0.15, -0.1) is 0 Å². The lowest BCUT2D eigenvalue weighted by Crippen LogP contribution is -2.74. The predicted molar refractivity (Wildman–Crippen MR) is 148 cm³/mol. The van der Waals surface area contributed by atoms with Gasteiger partial charge in [0.15, 0.2) is 34.7 Å². The molecular weight excluding hydrogens is 545 g/mol. The molecule has 3 aliphatic rings. The summed E-state index contributed by atoms with van der Waals surface area (Å²) in [6.07, 6.45) is 0.0994. The standard InChI is InChI=1S/C31H30FN3O7/c1-34(2)20-13-15(8-5-14-6-9-17(32)10-7-14)25(36)22-18(20)11-16-12-19-24(35(3)4)27(38)23(30(33)41)29(40)31(19,42)28(39)21(16)26(22)37/h6-7,9-10,13,16,19,21,23-24,36,42H,11-12H2,1-4H3,(H2,33,41)/t16-,19-,21?,23?,24-,31-/m0/s1. The number of aliphatic hydroxyl groups is 1. The number of primary amides is 1. The number of hydrogen-bond donors (Lipinski definition) is 3. The number of ketones is 4. The number of rotatable bonds is 3. The van der Waals surface area contributed by atoms with E-state index in [0.717, 1.165) is 0 Å². The van der Waals surface area contributed by atoms with Gasteiger partial charge in [0.25, 0.3) is 0 Å². The summed E-state index contributed by atoms with van der Waals surface area (Å²) in [7, 11) is 6.56. The second-order valence-corrected chi connectivity index (χ2v) is 11.6. The smallest absolute Gasteiger partial charge is 0.235 e. The highest BCUT2D eigenvalue weighted by atomic mass is 19.1.